The Morgan fingerprint density at radius 2 is 1.55 bits per heavy atom. The van der Waals surface area contributed by atoms with Gasteiger partial charge in [-0.2, -0.15) is 4.31 Å². The zero-order valence-electron chi connectivity index (χ0n) is 17.1. The molecule has 3 rings (SSSR count). The zero-order chi connectivity index (χ0) is 20.9. The first kappa shape index (κ1) is 21.8. The van der Waals surface area contributed by atoms with Crippen LogP contribution >= 0.6 is 0 Å². The first-order valence-corrected chi connectivity index (χ1v) is 12.0. The van der Waals surface area contributed by atoms with Crippen LogP contribution in [0, 0.1) is 5.92 Å². The maximum absolute atomic E-state index is 12.9. The molecule has 0 saturated carbocycles. The second-order valence-corrected chi connectivity index (χ2v) is 9.99. The van der Waals surface area contributed by atoms with Gasteiger partial charge in [0.15, 0.2) is 0 Å². The molecule has 29 heavy (non-hydrogen) atoms. The fourth-order valence-electron chi connectivity index (χ4n) is 4.11. The Labute approximate surface area is 173 Å². The molecule has 160 valence electrons. The van der Waals surface area contributed by atoms with Gasteiger partial charge in [-0.05, 0) is 55.9 Å². The summed E-state index contributed by atoms with van der Waals surface area (Å²) in [6.07, 6.45) is 6.52. The summed E-state index contributed by atoms with van der Waals surface area (Å²) in [7, 11) is -3.56. The van der Waals surface area contributed by atoms with Crippen LogP contribution in [0.15, 0.2) is 29.2 Å². The third-order valence-electron chi connectivity index (χ3n) is 5.81. The average molecular weight is 422 g/mol. The molecule has 7 nitrogen and oxygen atoms in total. The minimum absolute atomic E-state index is 0.197. The zero-order valence-corrected chi connectivity index (χ0v) is 17.9. The first-order valence-electron chi connectivity index (χ1n) is 10.5. The number of likely N-dealkylation sites (tertiary alicyclic amines) is 1. The summed E-state index contributed by atoms with van der Waals surface area (Å²) in [5.74, 6) is 0.276. The van der Waals surface area contributed by atoms with Crippen molar-refractivity contribution in [2.75, 3.05) is 31.5 Å². The van der Waals surface area contributed by atoms with E-state index < -0.39 is 10.0 Å². The topological polar surface area (TPSA) is 86.8 Å². The normalized spacial score (nSPS) is 19.6. The first-order chi connectivity index (χ1) is 13.9. The van der Waals surface area contributed by atoms with E-state index in [-0.39, 0.29) is 22.6 Å². The smallest absolute Gasteiger partial charge is 0.243 e. The van der Waals surface area contributed by atoms with E-state index in [9.17, 15) is 18.0 Å². The molecule has 1 aromatic rings. The highest BCUT2D eigenvalue weighted by molar-refractivity contribution is 7.89. The third kappa shape index (κ3) is 5.79. The summed E-state index contributed by atoms with van der Waals surface area (Å²) in [6, 6.07) is 6.24. The number of hydrogen-bond donors (Lipinski definition) is 1. The average Bonchev–Trinajstić information content (AvgIpc) is 2.98. The van der Waals surface area contributed by atoms with E-state index in [0.29, 0.717) is 38.0 Å². The largest absolute Gasteiger partial charge is 0.343 e. The molecule has 1 aromatic carbocycles. The van der Waals surface area contributed by atoms with Gasteiger partial charge in [-0.25, -0.2) is 8.42 Å². The van der Waals surface area contributed by atoms with Crippen LogP contribution in [0.5, 0.6) is 0 Å². The van der Waals surface area contributed by atoms with Gasteiger partial charge in [0.1, 0.15) is 0 Å². The van der Waals surface area contributed by atoms with Crippen LogP contribution in [0.3, 0.4) is 0 Å². The second-order valence-electron chi connectivity index (χ2n) is 8.05. The second kappa shape index (κ2) is 9.71. The number of amides is 2. The lowest BCUT2D eigenvalue weighted by molar-refractivity contribution is -0.132. The molecule has 0 unspecified atom stereocenters. The fourth-order valence-corrected chi connectivity index (χ4v) is 5.58. The Bertz CT molecular complexity index is 807. The molecule has 8 heteroatoms. The van der Waals surface area contributed by atoms with E-state index in [0.717, 1.165) is 25.9 Å². The molecular formula is C21H31N3O4S. The molecule has 0 radical (unpaired) electrons. The monoisotopic (exact) mass is 421 g/mol. The summed E-state index contributed by atoms with van der Waals surface area (Å²) >= 11 is 0. The van der Waals surface area contributed by atoms with Crippen molar-refractivity contribution in [1.29, 1.82) is 0 Å². The Morgan fingerprint density at radius 3 is 2.10 bits per heavy atom. The van der Waals surface area contributed by atoms with E-state index in [1.807, 2.05) is 4.90 Å². The van der Waals surface area contributed by atoms with Gasteiger partial charge < -0.3 is 10.2 Å². The van der Waals surface area contributed by atoms with E-state index in [4.69, 9.17) is 0 Å². The number of nitrogens with zero attached hydrogens (tertiary/aromatic N) is 2. The summed E-state index contributed by atoms with van der Waals surface area (Å²) in [4.78, 5) is 25.9. The van der Waals surface area contributed by atoms with Crippen molar-refractivity contribution >= 4 is 27.5 Å². The highest BCUT2D eigenvalue weighted by Gasteiger charge is 2.31. The number of carbonyl (C=O) groups excluding carboxylic acids is 2. The number of sulfonamides is 1. The number of anilines is 1. The molecule has 2 saturated heterocycles. The van der Waals surface area contributed by atoms with E-state index in [1.54, 1.807) is 12.1 Å². The van der Waals surface area contributed by atoms with Gasteiger partial charge in [0.05, 0.1) is 4.90 Å². The van der Waals surface area contributed by atoms with Crippen molar-refractivity contribution < 1.29 is 18.0 Å². The Hall–Kier alpha value is -1.93. The quantitative estimate of drug-likeness (QED) is 0.792. The summed E-state index contributed by atoms with van der Waals surface area (Å²) < 4.78 is 27.3. The minimum Gasteiger partial charge on any atom is -0.343 e. The van der Waals surface area contributed by atoms with Crippen molar-refractivity contribution in [3.63, 3.8) is 0 Å². The van der Waals surface area contributed by atoms with Crippen molar-refractivity contribution in [1.82, 2.24) is 9.21 Å². The van der Waals surface area contributed by atoms with Crippen molar-refractivity contribution in [2.45, 2.75) is 56.8 Å². The molecular weight excluding hydrogens is 390 g/mol. The summed E-state index contributed by atoms with van der Waals surface area (Å²) in [5, 5.41) is 2.63. The predicted octanol–water partition coefficient (Wildman–Crippen LogP) is 2.84. The molecule has 0 spiro atoms. The lowest BCUT2D eigenvalue weighted by atomic mass is 9.94. The van der Waals surface area contributed by atoms with Crippen LogP contribution < -0.4 is 5.32 Å². The lowest BCUT2D eigenvalue weighted by Crippen LogP contribution is -2.40. The molecule has 2 aliphatic rings. The third-order valence-corrected chi connectivity index (χ3v) is 7.72. The van der Waals surface area contributed by atoms with Crippen molar-refractivity contribution in [2.24, 2.45) is 5.92 Å². The highest BCUT2D eigenvalue weighted by atomic mass is 32.2. The molecule has 0 aliphatic carbocycles. The van der Waals surface area contributed by atoms with E-state index in [2.05, 4.69) is 5.32 Å². The van der Waals surface area contributed by atoms with Gasteiger partial charge in [-0.3, -0.25) is 9.59 Å². The Kier molecular flexibility index (Phi) is 7.29. The van der Waals surface area contributed by atoms with Crippen LogP contribution in [-0.2, 0) is 19.6 Å². The molecule has 2 amide bonds. The van der Waals surface area contributed by atoms with E-state index >= 15 is 0 Å². The van der Waals surface area contributed by atoms with E-state index in [1.165, 1.54) is 36.2 Å². The van der Waals surface area contributed by atoms with Gasteiger partial charge in [-0.1, -0.05) is 12.8 Å². The van der Waals surface area contributed by atoms with Gasteiger partial charge in [0, 0.05) is 45.2 Å². The SMILES string of the molecule is CC(=O)Nc1ccc(S(=O)(=O)N2CCC(CC(=O)N3CCCCCC3)CC2)cc1. The van der Waals surface area contributed by atoms with Gasteiger partial charge in [0.25, 0.3) is 0 Å². The fraction of sp³-hybridized carbons (Fsp3) is 0.619. The number of carbonyl (C=O) groups is 2. The Morgan fingerprint density at radius 1 is 0.966 bits per heavy atom. The maximum atomic E-state index is 12.9. The summed E-state index contributed by atoms with van der Waals surface area (Å²) in [5.41, 5.74) is 0.571. The number of benzene rings is 1. The van der Waals surface area contributed by atoms with Crippen LogP contribution in [-0.4, -0.2) is 55.6 Å². The molecule has 0 aromatic heterocycles. The molecule has 0 atom stereocenters. The highest BCUT2D eigenvalue weighted by Crippen LogP contribution is 2.27. The van der Waals surface area contributed by atoms with Gasteiger partial charge >= 0.3 is 0 Å². The Balaban J connectivity index is 1.53. The summed E-state index contributed by atoms with van der Waals surface area (Å²) in [6.45, 7) is 4.01. The lowest BCUT2D eigenvalue weighted by Gasteiger charge is -2.32. The van der Waals surface area contributed by atoms with Crippen LogP contribution in [0.1, 0.15) is 51.9 Å². The van der Waals surface area contributed by atoms with Gasteiger partial charge in [0.2, 0.25) is 21.8 Å². The van der Waals surface area contributed by atoms with Gasteiger partial charge in [-0.15, -0.1) is 0 Å². The van der Waals surface area contributed by atoms with Crippen molar-refractivity contribution in [3.05, 3.63) is 24.3 Å². The molecule has 2 fully saturated rings. The number of hydrogen-bond acceptors (Lipinski definition) is 4. The van der Waals surface area contributed by atoms with Crippen LogP contribution in [0.4, 0.5) is 5.69 Å². The number of piperidine rings is 1. The predicted molar refractivity (Wildman–Crippen MR) is 112 cm³/mol. The molecule has 2 heterocycles. The van der Waals surface area contributed by atoms with Crippen molar-refractivity contribution in [3.8, 4) is 0 Å². The minimum atomic E-state index is -3.56. The van der Waals surface area contributed by atoms with Crippen LogP contribution in [0.2, 0.25) is 0 Å². The van der Waals surface area contributed by atoms with Crippen LogP contribution in [0.25, 0.3) is 0 Å². The number of rotatable bonds is 5. The number of nitrogens with one attached hydrogen (secondary N) is 1. The standard InChI is InChI=1S/C21H31N3O4S/c1-17(25)22-19-6-8-20(9-7-19)29(27,28)24-14-10-18(11-15-24)16-21(26)23-12-4-2-3-5-13-23/h6-9,18H,2-5,10-16H2,1H3,(H,22,25). The molecule has 0 bridgehead atoms. The molecule has 1 N–H and O–H groups in total. The maximum Gasteiger partial charge on any atom is 0.243 e. The molecule has 2 aliphatic heterocycles.